The molecule has 128 valence electrons. The Balaban J connectivity index is 1.70. The van der Waals surface area contributed by atoms with E-state index in [9.17, 15) is 9.59 Å². The third-order valence-corrected chi connectivity index (χ3v) is 4.01. The molecule has 2 heterocycles. The molecule has 1 unspecified atom stereocenters. The second-order valence-corrected chi connectivity index (χ2v) is 6.03. The molecule has 1 atom stereocenters. The number of fused-ring (bicyclic) bond motifs is 1. The van der Waals surface area contributed by atoms with E-state index in [1.165, 1.54) is 13.1 Å². The smallest absolute Gasteiger partial charge is 0.339 e. The number of anilines is 1. The molecule has 0 saturated heterocycles. The maximum Gasteiger partial charge on any atom is 0.339 e. The van der Waals surface area contributed by atoms with Gasteiger partial charge in [-0.25, -0.2) is 9.78 Å². The van der Waals surface area contributed by atoms with Gasteiger partial charge in [0.2, 0.25) is 0 Å². The zero-order valence-electron chi connectivity index (χ0n) is 13.7. The predicted octanol–water partition coefficient (Wildman–Crippen LogP) is 3.71. The van der Waals surface area contributed by atoms with E-state index in [2.05, 4.69) is 15.3 Å². The van der Waals surface area contributed by atoms with Crippen LogP contribution in [0.5, 0.6) is 0 Å². The number of rotatable bonds is 4. The summed E-state index contributed by atoms with van der Waals surface area (Å²) in [6.45, 7) is 3.35. The van der Waals surface area contributed by atoms with Crippen molar-refractivity contribution in [3.05, 3.63) is 58.9 Å². The van der Waals surface area contributed by atoms with Gasteiger partial charge < -0.3 is 15.0 Å². The summed E-state index contributed by atoms with van der Waals surface area (Å²) in [5, 5.41) is 3.97. The summed E-state index contributed by atoms with van der Waals surface area (Å²) in [6, 6.07) is 8.43. The first kappa shape index (κ1) is 17.0. The van der Waals surface area contributed by atoms with Crippen LogP contribution in [0.4, 0.5) is 5.69 Å². The molecule has 0 spiro atoms. The number of hydrogen-bond donors (Lipinski definition) is 2. The number of nitrogens with zero attached hydrogens (tertiary/aromatic N) is 1. The minimum atomic E-state index is -0.954. The molecule has 2 N–H and O–H groups in total. The molecule has 6 nitrogen and oxygen atoms in total. The van der Waals surface area contributed by atoms with E-state index in [4.69, 9.17) is 16.3 Å². The quantitative estimate of drug-likeness (QED) is 0.697. The molecule has 7 heteroatoms. The van der Waals surface area contributed by atoms with E-state index in [1.807, 2.05) is 6.92 Å². The van der Waals surface area contributed by atoms with Gasteiger partial charge in [0.15, 0.2) is 6.10 Å². The Morgan fingerprint density at radius 3 is 2.84 bits per heavy atom. The number of hydrogen-bond acceptors (Lipinski definition) is 4. The lowest BCUT2D eigenvalue weighted by molar-refractivity contribution is -0.123. The fraction of sp³-hybridized carbons (Fsp3) is 0.167. The van der Waals surface area contributed by atoms with E-state index >= 15 is 0 Å². The molecule has 0 bridgehead atoms. The van der Waals surface area contributed by atoms with Crippen molar-refractivity contribution in [1.82, 2.24) is 9.97 Å². The molecular formula is C18H16ClN3O3. The molecule has 0 fully saturated rings. The van der Waals surface area contributed by atoms with Crippen molar-refractivity contribution >= 4 is 40.2 Å². The van der Waals surface area contributed by atoms with Gasteiger partial charge in [0.05, 0.1) is 5.56 Å². The summed E-state index contributed by atoms with van der Waals surface area (Å²) in [5.41, 5.74) is 2.38. The number of halogens is 1. The van der Waals surface area contributed by atoms with E-state index in [0.717, 1.165) is 5.56 Å². The Hall–Kier alpha value is -2.86. The molecule has 0 radical (unpaired) electrons. The van der Waals surface area contributed by atoms with Crippen molar-refractivity contribution in [3.8, 4) is 0 Å². The van der Waals surface area contributed by atoms with Gasteiger partial charge in [0.25, 0.3) is 5.91 Å². The summed E-state index contributed by atoms with van der Waals surface area (Å²) >= 11 is 5.90. The lowest BCUT2D eigenvalue weighted by Gasteiger charge is -2.15. The molecule has 2 aromatic heterocycles. The first-order valence-electron chi connectivity index (χ1n) is 7.66. The number of pyridine rings is 1. The van der Waals surface area contributed by atoms with Crippen LogP contribution in [0.3, 0.4) is 0 Å². The molecule has 0 aliphatic carbocycles. The van der Waals surface area contributed by atoms with Crippen LogP contribution < -0.4 is 5.32 Å². The Bertz CT molecular complexity index is 952. The average molecular weight is 358 g/mol. The van der Waals surface area contributed by atoms with Gasteiger partial charge in [0, 0.05) is 28.5 Å². The largest absolute Gasteiger partial charge is 0.449 e. The van der Waals surface area contributed by atoms with Gasteiger partial charge >= 0.3 is 5.97 Å². The lowest BCUT2D eigenvalue weighted by atomic mass is 10.2. The third-order valence-electron chi connectivity index (χ3n) is 3.78. The van der Waals surface area contributed by atoms with E-state index < -0.39 is 18.0 Å². The van der Waals surface area contributed by atoms with E-state index in [-0.39, 0.29) is 0 Å². The third kappa shape index (κ3) is 3.64. The van der Waals surface area contributed by atoms with E-state index in [1.54, 1.807) is 36.5 Å². The van der Waals surface area contributed by atoms with Crippen molar-refractivity contribution in [1.29, 1.82) is 0 Å². The number of nitrogens with one attached hydrogen (secondary N) is 2. The number of amides is 1. The number of carbonyl (C=O) groups excluding carboxylic acids is 2. The molecule has 0 aliphatic rings. The molecule has 0 aliphatic heterocycles. The summed E-state index contributed by atoms with van der Waals surface area (Å²) in [7, 11) is 0. The van der Waals surface area contributed by atoms with Gasteiger partial charge in [-0.2, -0.15) is 0 Å². The van der Waals surface area contributed by atoms with Crippen LogP contribution in [0.1, 0.15) is 22.8 Å². The second-order valence-electron chi connectivity index (χ2n) is 5.59. The number of carbonyl (C=O) groups is 2. The number of aromatic amines is 1. The van der Waals surface area contributed by atoms with Gasteiger partial charge in [-0.1, -0.05) is 11.6 Å². The number of aromatic nitrogens is 2. The van der Waals surface area contributed by atoms with Crippen LogP contribution in [-0.2, 0) is 9.53 Å². The van der Waals surface area contributed by atoms with Crippen LogP contribution in [0.25, 0.3) is 11.0 Å². The SMILES string of the molecule is Cc1cc(Cl)ccc1NC(=O)C(C)OC(=O)c1ccnc2[nH]ccc12. The van der Waals surface area contributed by atoms with Gasteiger partial charge in [-0.05, 0) is 49.7 Å². The first-order valence-corrected chi connectivity index (χ1v) is 8.03. The fourth-order valence-electron chi connectivity index (χ4n) is 2.42. The monoisotopic (exact) mass is 357 g/mol. The van der Waals surface area contributed by atoms with Crippen molar-refractivity contribution in [3.63, 3.8) is 0 Å². The average Bonchev–Trinajstić information content (AvgIpc) is 3.05. The van der Waals surface area contributed by atoms with Crippen LogP contribution in [0, 0.1) is 6.92 Å². The summed E-state index contributed by atoms with van der Waals surface area (Å²) in [6.07, 6.45) is 2.25. The molecule has 1 aromatic carbocycles. The summed E-state index contributed by atoms with van der Waals surface area (Å²) < 4.78 is 5.29. The van der Waals surface area contributed by atoms with Crippen molar-refractivity contribution < 1.29 is 14.3 Å². The molecule has 1 amide bonds. The Morgan fingerprint density at radius 1 is 1.28 bits per heavy atom. The predicted molar refractivity (Wildman–Crippen MR) is 95.8 cm³/mol. The van der Waals surface area contributed by atoms with Crippen LogP contribution >= 0.6 is 11.6 Å². The van der Waals surface area contributed by atoms with Gasteiger partial charge in [0.1, 0.15) is 5.65 Å². The number of esters is 1. The maximum atomic E-state index is 12.4. The standard InChI is InChI=1S/C18H16ClN3O3/c1-10-9-12(19)3-4-15(10)22-17(23)11(2)25-18(24)14-6-8-21-16-13(14)5-7-20-16/h3-9,11H,1-2H3,(H,20,21)(H,22,23). The topological polar surface area (TPSA) is 84.1 Å². The molecular weight excluding hydrogens is 342 g/mol. The minimum Gasteiger partial charge on any atom is -0.449 e. The van der Waals surface area contributed by atoms with Crippen molar-refractivity contribution in [2.24, 2.45) is 0 Å². The maximum absolute atomic E-state index is 12.4. The second kappa shape index (κ2) is 6.94. The van der Waals surface area contributed by atoms with Crippen LogP contribution in [0.2, 0.25) is 5.02 Å². The highest BCUT2D eigenvalue weighted by Crippen LogP contribution is 2.20. The Labute approximate surface area is 149 Å². The highest BCUT2D eigenvalue weighted by Gasteiger charge is 2.21. The normalized spacial score (nSPS) is 12.0. The molecule has 0 saturated carbocycles. The fourth-order valence-corrected chi connectivity index (χ4v) is 2.64. The van der Waals surface area contributed by atoms with Crippen molar-refractivity contribution in [2.45, 2.75) is 20.0 Å². The highest BCUT2D eigenvalue weighted by atomic mass is 35.5. The zero-order chi connectivity index (χ0) is 18.0. The molecule has 25 heavy (non-hydrogen) atoms. The molecule has 3 aromatic rings. The minimum absolute atomic E-state index is 0.355. The number of H-pyrrole nitrogens is 1. The van der Waals surface area contributed by atoms with Crippen molar-refractivity contribution in [2.75, 3.05) is 5.32 Å². The number of ether oxygens (including phenoxy) is 1. The summed E-state index contributed by atoms with van der Waals surface area (Å²) in [5.74, 6) is -0.999. The van der Waals surface area contributed by atoms with Gasteiger partial charge in [-0.15, -0.1) is 0 Å². The Kier molecular flexibility index (Phi) is 4.72. The van der Waals surface area contributed by atoms with E-state index in [0.29, 0.717) is 27.3 Å². The zero-order valence-corrected chi connectivity index (χ0v) is 14.4. The Morgan fingerprint density at radius 2 is 2.08 bits per heavy atom. The summed E-state index contributed by atoms with van der Waals surface area (Å²) in [4.78, 5) is 31.7. The highest BCUT2D eigenvalue weighted by molar-refractivity contribution is 6.30. The van der Waals surface area contributed by atoms with Crippen LogP contribution in [0.15, 0.2) is 42.7 Å². The van der Waals surface area contributed by atoms with Crippen LogP contribution in [-0.4, -0.2) is 27.9 Å². The number of aryl methyl sites for hydroxylation is 1. The number of benzene rings is 1. The lowest BCUT2D eigenvalue weighted by Crippen LogP contribution is -2.30. The molecule has 3 rings (SSSR count). The first-order chi connectivity index (χ1) is 12.0. The van der Waals surface area contributed by atoms with Gasteiger partial charge in [-0.3, -0.25) is 4.79 Å².